The van der Waals surface area contributed by atoms with E-state index in [1.807, 2.05) is 25.1 Å². The lowest BCUT2D eigenvalue weighted by atomic mass is 9.99. The first-order valence-corrected chi connectivity index (χ1v) is 8.39. The summed E-state index contributed by atoms with van der Waals surface area (Å²) in [5, 5.41) is 21.8. The van der Waals surface area contributed by atoms with Crippen LogP contribution in [0.5, 0.6) is 11.5 Å². The number of amides is 2. The molecule has 0 saturated carbocycles. The smallest absolute Gasteiger partial charge is 0.245 e. The highest BCUT2D eigenvalue weighted by Crippen LogP contribution is 2.27. The fourth-order valence-electron chi connectivity index (χ4n) is 3.09. The molecule has 2 unspecified atom stereocenters. The second-order valence-electron chi connectivity index (χ2n) is 6.51. The third kappa shape index (κ3) is 3.61. The maximum atomic E-state index is 12.7. The van der Waals surface area contributed by atoms with Gasteiger partial charge in [-0.3, -0.25) is 14.6 Å². The van der Waals surface area contributed by atoms with Crippen LogP contribution in [-0.2, 0) is 22.6 Å². The highest BCUT2D eigenvalue weighted by atomic mass is 16.3. The van der Waals surface area contributed by atoms with Crippen LogP contribution < -0.4 is 5.32 Å². The minimum absolute atomic E-state index is 0.180. The number of aromatic nitrogens is 1. The van der Waals surface area contributed by atoms with Crippen molar-refractivity contribution < 1.29 is 19.8 Å². The van der Waals surface area contributed by atoms with Crippen molar-refractivity contribution in [2.24, 2.45) is 0 Å². The summed E-state index contributed by atoms with van der Waals surface area (Å²) in [6.07, 6.45) is 0.226. The number of pyridine rings is 1. The van der Waals surface area contributed by atoms with E-state index in [1.165, 1.54) is 17.0 Å². The summed E-state index contributed by atoms with van der Waals surface area (Å²) < 4.78 is 0. The maximum absolute atomic E-state index is 12.7. The number of carbonyl (C=O) groups is 2. The molecule has 1 saturated heterocycles. The molecule has 136 valence electrons. The lowest BCUT2D eigenvalue weighted by molar-refractivity contribution is -0.149. The number of nitrogens with one attached hydrogen (secondary N) is 1. The highest BCUT2D eigenvalue weighted by Gasteiger charge is 2.38. The van der Waals surface area contributed by atoms with Crippen LogP contribution in [0.2, 0.25) is 0 Å². The van der Waals surface area contributed by atoms with Crippen molar-refractivity contribution in [2.75, 3.05) is 0 Å². The third-order valence-electron chi connectivity index (χ3n) is 4.44. The maximum Gasteiger partial charge on any atom is 0.245 e. The molecule has 2 atom stereocenters. The Kier molecular flexibility index (Phi) is 4.79. The van der Waals surface area contributed by atoms with Crippen LogP contribution >= 0.6 is 0 Å². The molecule has 26 heavy (non-hydrogen) atoms. The number of hydrogen-bond acceptors (Lipinski definition) is 5. The quantitative estimate of drug-likeness (QED) is 0.717. The van der Waals surface area contributed by atoms with Crippen molar-refractivity contribution in [1.82, 2.24) is 15.2 Å². The van der Waals surface area contributed by atoms with Gasteiger partial charge in [-0.15, -0.1) is 0 Å². The predicted octanol–water partition coefficient (Wildman–Crippen LogP) is 1.26. The number of benzene rings is 1. The predicted molar refractivity (Wildman–Crippen MR) is 94.4 cm³/mol. The molecule has 0 radical (unpaired) electrons. The summed E-state index contributed by atoms with van der Waals surface area (Å²) in [6.45, 7) is 3.75. The molecule has 3 N–H and O–H groups in total. The van der Waals surface area contributed by atoms with Crippen LogP contribution in [0.25, 0.3) is 0 Å². The zero-order chi connectivity index (χ0) is 18.8. The Morgan fingerprint density at radius 2 is 1.92 bits per heavy atom. The summed E-state index contributed by atoms with van der Waals surface area (Å²) in [7, 11) is 0. The largest absolute Gasteiger partial charge is 0.504 e. The van der Waals surface area contributed by atoms with E-state index in [-0.39, 0.29) is 36.3 Å². The van der Waals surface area contributed by atoms with Crippen molar-refractivity contribution in [3.05, 3.63) is 53.3 Å². The lowest BCUT2D eigenvalue weighted by Crippen LogP contribution is -2.62. The monoisotopic (exact) mass is 355 g/mol. The molecule has 1 aromatic carbocycles. The Labute approximate surface area is 151 Å². The molecule has 0 bridgehead atoms. The van der Waals surface area contributed by atoms with Crippen molar-refractivity contribution in [3.63, 3.8) is 0 Å². The van der Waals surface area contributed by atoms with Gasteiger partial charge >= 0.3 is 0 Å². The van der Waals surface area contributed by atoms with Crippen LogP contribution in [0.3, 0.4) is 0 Å². The lowest BCUT2D eigenvalue weighted by Gasteiger charge is -2.38. The van der Waals surface area contributed by atoms with Gasteiger partial charge < -0.3 is 20.4 Å². The van der Waals surface area contributed by atoms with E-state index < -0.39 is 12.1 Å². The Hall–Kier alpha value is -3.09. The van der Waals surface area contributed by atoms with E-state index in [9.17, 15) is 19.8 Å². The van der Waals surface area contributed by atoms with E-state index >= 15 is 0 Å². The summed E-state index contributed by atoms with van der Waals surface area (Å²) in [5.74, 6) is -0.920. The van der Waals surface area contributed by atoms with E-state index in [0.717, 1.165) is 5.69 Å². The zero-order valence-electron chi connectivity index (χ0n) is 14.6. The van der Waals surface area contributed by atoms with Crippen molar-refractivity contribution >= 4 is 11.8 Å². The minimum Gasteiger partial charge on any atom is -0.504 e. The molecule has 1 fully saturated rings. The van der Waals surface area contributed by atoms with Crippen molar-refractivity contribution in [1.29, 1.82) is 0 Å². The fourth-order valence-corrected chi connectivity index (χ4v) is 3.09. The number of phenols is 2. The number of phenolic OH excluding ortho intramolecular Hbond substituents is 2. The van der Waals surface area contributed by atoms with Crippen LogP contribution in [-0.4, -0.2) is 44.0 Å². The number of aromatic hydroxyl groups is 2. The average Bonchev–Trinajstić information content (AvgIpc) is 2.59. The number of carbonyl (C=O) groups excluding carboxylic acids is 2. The summed E-state index contributed by atoms with van der Waals surface area (Å²) >= 11 is 0. The van der Waals surface area contributed by atoms with Crippen LogP contribution in [0.4, 0.5) is 0 Å². The molecule has 0 aliphatic carbocycles. The van der Waals surface area contributed by atoms with Gasteiger partial charge in [-0.2, -0.15) is 0 Å². The van der Waals surface area contributed by atoms with E-state index in [0.29, 0.717) is 11.3 Å². The van der Waals surface area contributed by atoms with Gasteiger partial charge in [0.2, 0.25) is 11.8 Å². The third-order valence-corrected chi connectivity index (χ3v) is 4.44. The fraction of sp³-hybridized carbons (Fsp3) is 0.316. The van der Waals surface area contributed by atoms with Crippen LogP contribution in [0.1, 0.15) is 23.9 Å². The zero-order valence-corrected chi connectivity index (χ0v) is 14.6. The van der Waals surface area contributed by atoms with E-state index in [1.54, 1.807) is 13.0 Å². The van der Waals surface area contributed by atoms with Crippen molar-refractivity contribution in [3.8, 4) is 11.5 Å². The van der Waals surface area contributed by atoms with Gasteiger partial charge in [0, 0.05) is 12.1 Å². The average molecular weight is 355 g/mol. The second kappa shape index (κ2) is 7.03. The molecular formula is C19H21N3O4. The summed E-state index contributed by atoms with van der Waals surface area (Å²) in [4.78, 5) is 31.2. The van der Waals surface area contributed by atoms with Gasteiger partial charge in [0.1, 0.15) is 12.1 Å². The first kappa shape index (κ1) is 17.7. The van der Waals surface area contributed by atoms with E-state index in [2.05, 4.69) is 10.3 Å². The van der Waals surface area contributed by atoms with Gasteiger partial charge in [0.05, 0.1) is 12.2 Å². The Morgan fingerprint density at radius 1 is 1.15 bits per heavy atom. The standard InChI is InChI=1S/C19H21N3O4/c1-11-4-3-5-14(20-11)10-22-15(18(25)21-12(2)19(22)26)8-13-6-7-16(23)17(24)9-13/h3-7,9,12,15,23-24H,8,10H2,1-2H3,(H,21,25). The SMILES string of the molecule is Cc1cccc(CN2C(=O)C(C)NC(=O)C2Cc2ccc(O)c(O)c2)n1. The molecule has 2 heterocycles. The van der Waals surface area contributed by atoms with Gasteiger partial charge in [0.15, 0.2) is 11.5 Å². The first-order valence-electron chi connectivity index (χ1n) is 8.39. The molecule has 7 nitrogen and oxygen atoms in total. The van der Waals surface area contributed by atoms with Crippen LogP contribution in [0.15, 0.2) is 36.4 Å². The molecular weight excluding hydrogens is 334 g/mol. The van der Waals surface area contributed by atoms with Gasteiger partial charge in [0.25, 0.3) is 0 Å². The number of hydrogen-bond donors (Lipinski definition) is 3. The minimum atomic E-state index is -0.718. The highest BCUT2D eigenvalue weighted by molar-refractivity contribution is 5.96. The van der Waals surface area contributed by atoms with Crippen LogP contribution in [0, 0.1) is 6.92 Å². The van der Waals surface area contributed by atoms with Gasteiger partial charge in [-0.1, -0.05) is 12.1 Å². The first-order chi connectivity index (χ1) is 12.3. The normalized spacial score (nSPS) is 20.2. The molecule has 3 rings (SSSR count). The molecule has 0 spiro atoms. The Morgan fingerprint density at radius 3 is 2.62 bits per heavy atom. The molecule has 2 aromatic rings. The Balaban J connectivity index is 1.89. The number of piperazine rings is 1. The summed E-state index contributed by atoms with van der Waals surface area (Å²) in [6, 6.07) is 8.61. The van der Waals surface area contributed by atoms with Gasteiger partial charge in [-0.05, 0) is 43.7 Å². The molecule has 1 aromatic heterocycles. The Bertz CT molecular complexity index is 852. The topological polar surface area (TPSA) is 103 Å². The van der Waals surface area contributed by atoms with E-state index in [4.69, 9.17) is 0 Å². The second-order valence-corrected chi connectivity index (χ2v) is 6.51. The molecule has 7 heteroatoms. The van der Waals surface area contributed by atoms with Gasteiger partial charge in [-0.25, -0.2) is 0 Å². The number of rotatable bonds is 4. The molecule has 1 aliphatic rings. The number of aryl methyl sites for hydroxylation is 1. The van der Waals surface area contributed by atoms with Crippen molar-refractivity contribution in [2.45, 2.75) is 38.9 Å². The summed E-state index contributed by atoms with van der Waals surface area (Å²) in [5.41, 5.74) is 2.19. The number of nitrogens with zero attached hydrogens (tertiary/aromatic N) is 2. The molecule has 1 aliphatic heterocycles. The molecule has 2 amide bonds.